The van der Waals surface area contributed by atoms with Crippen LogP contribution < -0.4 is 11.3 Å². The van der Waals surface area contributed by atoms with Crippen molar-refractivity contribution in [2.75, 3.05) is 0 Å². The summed E-state index contributed by atoms with van der Waals surface area (Å²) in [6.07, 6.45) is 2.44. The molecule has 7 heteroatoms. The van der Waals surface area contributed by atoms with Gasteiger partial charge in [-0.05, 0) is 28.4 Å². The van der Waals surface area contributed by atoms with Gasteiger partial charge in [0.1, 0.15) is 5.82 Å². The number of rotatable bonds is 5. The molecule has 1 aromatic heterocycles. The first-order chi connectivity index (χ1) is 9.60. The first-order valence-corrected chi connectivity index (χ1v) is 7.38. The average Bonchev–Trinajstić information content (AvgIpc) is 2.78. The van der Waals surface area contributed by atoms with E-state index in [0.717, 1.165) is 6.42 Å². The summed E-state index contributed by atoms with van der Waals surface area (Å²) >= 11 is 9.36. The summed E-state index contributed by atoms with van der Waals surface area (Å²) < 4.78 is 16.4. The van der Waals surface area contributed by atoms with E-state index in [0.29, 0.717) is 27.3 Å². The summed E-state index contributed by atoms with van der Waals surface area (Å²) in [5.74, 6) is 5.25. The largest absolute Gasteiger partial charge is 0.271 e. The molecule has 0 bridgehead atoms. The Bertz CT molecular complexity index is 602. The van der Waals surface area contributed by atoms with Crippen molar-refractivity contribution in [3.8, 4) is 0 Å². The van der Waals surface area contributed by atoms with Crippen LogP contribution in [0.4, 0.5) is 4.39 Å². The third-order valence-corrected chi connectivity index (χ3v) is 3.90. The molecule has 108 valence electrons. The monoisotopic (exact) mass is 360 g/mol. The molecule has 1 atom stereocenters. The van der Waals surface area contributed by atoms with E-state index < -0.39 is 6.04 Å². The molecule has 0 aliphatic heterocycles. The Labute approximate surface area is 130 Å². The van der Waals surface area contributed by atoms with Gasteiger partial charge >= 0.3 is 0 Å². The SMILES string of the molecule is CCCn1ncc(Cl)c1C(NN)c1cccc(Br)c1F. The number of hydrogen-bond donors (Lipinski definition) is 2. The van der Waals surface area contributed by atoms with Crippen LogP contribution in [-0.4, -0.2) is 9.78 Å². The van der Waals surface area contributed by atoms with E-state index in [1.807, 2.05) is 6.92 Å². The van der Waals surface area contributed by atoms with Crippen LogP contribution in [0.1, 0.15) is 30.6 Å². The maximum absolute atomic E-state index is 14.3. The summed E-state index contributed by atoms with van der Waals surface area (Å²) in [5, 5.41) is 4.67. The topological polar surface area (TPSA) is 55.9 Å². The standard InChI is InChI=1S/C13H15BrClFN4/c1-2-6-20-13(10(15)7-18-20)12(19-17)8-4-3-5-9(14)11(8)16/h3-5,7,12,19H,2,6,17H2,1H3. The minimum Gasteiger partial charge on any atom is -0.271 e. The van der Waals surface area contributed by atoms with Crippen LogP contribution in [0.25, 0.3) is 0 Å². The number of benzene rings is 1. The van der Waals surface area contributed by atoms with Gasteiger partial charge in [-0.1, -0.05) is 30.7 Å². The molecule has 1 unspecified atom stereocenters. The number of hydrazine groups is 1. The van der Waals surface area contributed by atoms with E-state index in [-0.39, 0.29) is 5.82 Å². The van der Waals surface area contributed by atoms with Gasteiger partial charge in [0.2, 0.25) is 0 Å². The molecule has 0 amide bonds. The highest BCUT2D eigenvalue weighted by Crippen LogP contribution is 2.31. The summed E-state index contributed by atoms with van der Waals surface area (Å²) in [6.45, 7) is 2.72. The minimum atomic E-state index is -0.561. The Balaban J connectivity index is 2.52. The highest BCUT2D eigenvalue weighted by atomic mass is 79.9. The second-order valence-electron chi connectivity index (χ2n) is 4.34. The summed E-state index contributed by atoms with van der Waals surface area (Å²) in [4.78, 5) is 0. The minimum absolute atomic E-state index is 0.365. The first-order valence-electron chi connectivity index (χ1n) is 6.21. The molecule has 0 aliphatic carbocycles. The summed E-state index contributed by atoms with van der Waals surface area (Å²) in [7, 11) is 0. The summed E-state index contributed by atoms with van der Waals surface area (Å²) in [6, 6.07) is 4.50. The van der Waals surface area contributed by atoms with Gasteiger partial charge in [0.25, 0.3) is 0 Å². The van der Waals surface area contributed by atoms with Crippen molar-refractivity contribution in [2.24, 2.45) is 5.84 Å². The van der Waals surface area contributed by atoms with Gasteiger partial charge in [-0.25, -0.2) is 9.82 Å². The molecule has 2 aromatic rings. The molecule has 4 nitrogen and oxygen atoms in total. The lowest BCUT2D eigenvalue weighted by atomic mass is 10.0. The Morgan fingerprint density at radius 2 is 2.30 bits per heavy atom. The molecule has 0 spiro atoms. The number of nitrogens with zero attached hydrogens (tertiary/aromatic N) is 2. The number of aromatic nitrogens is 2. The molecule has 2 rings (SSSR count). The van der Waals surface area contributed by atoms with E-state index in [1.54, 1.807) is 29.1 Å². The fourth-order valence-electron chi connectivity index (χ4n) is 2.11. The second kappa shape index (κ2) is 6.67. The van der Waals surface area contributed by atoms with Gasteiger partial charge in [0, 0.05) is 12.1 Å². The van der Waals surface area contributed by atoms with Crippen molar-refractivity contribution in [1.82, 2.24) is 15.2 Å². The van der Waals surface area contributed by atoms with Crippen LogP contribution in [0, 0.1) is 5.82 Å². The van der Waals surface area contributed by atoms with Gasteiger partial charge in [-0.2, -0.15) is 5.10 Å². The van der Waals surface area contributed by atoms with Crippen LogP contribution in [0.15, 0.2) is 28.9 Å². The Morgan fingerprint density at radius 1 is 1.55 bits per heavy atom. The van der Waals surface area contributed by atoms with Crippen molar-refractivity contribution in [2.45, 2.75) is 25.9 Å². The molecule has 1 heterocycles. The average molecular weight is 362 g/mol. The van der Waals surface area contributed by atoms with Gasteiger partial charge in [0.05, 0.1) is 27.4 Å². The lowest BCUT2D eigenvalue weighted by Crippen LogP contribution is -2.31. The zero-order valence-corrected chi connectivity index (χ0v) is 13.2. The van der Waals surface area contributed by atoms with E-state index in [4.69, 9.17) is 17.4 Å². The van der Waals surface area contributed by atoms with E-state index in [1.165, 1.54) is 0 Å². The fourth-order valence-corrected chi connectivity index (χ4v) is 2.74. The Kier molecular flexibility index (Phi) is 5.15. The summed E-state index contributed by atoms with van der Waals surface area (Å²) in [5.41, 5.74) is 3.70. The van der Waals surface area contributed by atoms with Gasteiger partial charge < -0.3 is 0 Å². The maximum Gasteiger partial charge on any atom is 0.142 e. The number of hydrogen-bond acceptors (Lipinski definition) is 3. The molecular formula is C13H15BrClFN4. The third kappa shape index (κ3) is 2.88. The number of nitrogens with two attached hydrogens (primary N) is 1. The van der Waals surface area contributed by atoms with E-state index in [9.17, 15) is 4.39 Å². The third-order valence-electron chi connectivity index (χ3n) is 3.00. The van der Waals surface area contributed by atoms with Crippen molar-refractivity contribution in [3.63, 3.8) is 0 Å². The van der Waals surface area contributed by atoms with E-state index >= 15 is 0 Å². The number of aryl methyl sites for hydroxylation is 1. The van der Waals surface area contributed by atoms with Crippen LogP contribution in [0.5, 0.6) is 0 Å². The maximum atomic E-state index is 14.3. The van der Waals surface area contributed by atoms with E-state index in [2.05, 4.69) is 26.5 Å². The number of halogens is 3. The molecule has 0 radical (unpaired) electrons. The Morgan fingerprint density at radius 3 is 2.95 bits per heavy atom. The lowest BCUT2D eigenvalue weighted by molar-refractivity contribution is 0.501. The Hall–Kier alpha value is -0.950. The van der Waals surface area contributed by atoms with Gasteiger partial charge in [-0.15, -0.1) is 0 Å². The molecule has 0 fully saturated rings. The molecule has 1 aromatic carbocycles. The fraction of sp³-hybridized carbons (Fsp3) is 0.308. The molecule has 0 saturated heterocycles. The van der Waals surface area contributed by atoms with Crippen LogP contribution in [-0.2, 0) is 6.54 Å². The highest BCUT2D eigenvalue weighted by Gasteiger charge is 2.24. The van der Waals surface area contributed by atoms with Crippen molar-refractivity contribution < 1.29 is 4.39 Å². The zero-order chi connectivity index (χ0) is 14.7. The quantitative estimate of drug-likeness (QED) is 0.634. The predicted octanol–water partition coefficient (Wildman–Crippen LogP) is 3.40. The normalized spacial score (nSPS) is 12.7. The second-order valence-corrected chi connectivity index (χ2v) is 5.61. The van der Waals surface area contributed by atoms with Crippen LogP contribution >= 0.6 is 27.5 Å². The highest BCUT2D eigenvalue weighted by molar-refractivity contribution is 9.10. The van der Waals surface area contributed by atoms with Crippen molar-refractivity contribution in [3.05, 3.63) is 51.0 Å². The van der Waals surface area contributed by atoms with Crippen molar-refractivity contribution >= 4 is 27.5 Å². The van der Waals surface area contributed by atoms with Crippen LogP contribution in [0.2, 0.25) is 5.02 Å². The molecule has 20 heavy (non-hydrogen) atoms. The first kappa shape index (κ1) is 15.4. The molecule has 3 N–H and O–H groups in total. The van der Waals surface area contributed by atoms with Gasteiger partial charge in [-0.3, -0.25) is 10.5 Å². The molecule has 0 aliphatic rings. The lowest BCUT2D eigenvalue weighted by Gasteiger charge is -2.19. The molecular weight excluding hydrogens is 347 g/mol. The van der Waals surface area contributed by atoms with Crippen LogP contribution in [0.3, 0.4) is 0 Å². The molecule has 0 saturated carbocycles. The van der Waals surface area contributed by atoms with Gasteiger partial charge in [0.15, 0.2) is 0 Å². The van der Waals surface area contributed by atoms with Crippen molar-refractivity contribution in [1.29, 1.82) is 0 Å². The number of nitrogens with one attached hydrogen (secondary N) is 1. The smallest absolute Gasteiger partial charge is 0.142 e. The predicted molar refractivity (Wildman–Crippen MR) is 80.8 cm³/mol. The zero-order valence-electron chi connectivity index (χ0n) is 10.9.